The zero-order valence-electron chi connectivity index (χ0n) is 12.9. The van der Waals surface area contributed by atoms with Crippen molar-refractivity contribution in [3.63, 3.8) is 0 Å². The number of benzene rings is 2. The Bertz CT molecular complexity index is 785. The van der Waals surface area contributed by atoms with Crippen LogP contribution in [0.2, 0.25) is 0 Å². The predicted molar refractivity (Wildman–Crippen MR) is 88.4 cm³/mol. The highest BCUT2D eigenvalue weighted by molar-refractivity contribution is 7.89. The Balaban J connectivity index is 1.65. The second-order valence-corrected chi connectivity index (χ2v) is 7.68. The SMILES string of the molecule is O=S(=O)(NCCc1ccc(F)cc1)c1ccc2c(c1)CCCC2. The summed E-state index contributed by atoms with van der Waals surface area (Å²) in [5, 5.41) is 0. The third-order valence-corrected chi connectivity index (χ3v) is 5.71. The summed E-state index contributed by atoms with van der Waals surface area (Å²) in [4.78, 5) is 0.331. The Kier molecular flexibility index (Phi) is 4.78. The Hall–Kier alpha value is -1.72. The van der Waals surface area contributed by atoms with Gasteiger partial charge in [0, 0.05) is 6.54 Å². The van der Waals surface area contributed by atoms with Gasteiger partial charge >= 0.3 is 0 Å². The maximum Gasteiger partial charge on any atom is 0.240 e. The van der Waals surface area contributed by atoms with E-state index < -0.39 is 10.0 Å². The molecule has 1 N–H and O–H groups in total. The van der Waals surface area contributed by atoms with E-state index in [1.165, 1.54) is 24.1 Å². The molecule has 2 aromatic carbocycles. The van der Waals surface area contributed by atoms with Crippen LogP contribution >= 0.6 is 0 Å². The van der Waals surface area contributed by atoms with Gasteiger partial charge in [0.15, 0.2) is 0 Å². The predicted octanol–water partition coefficient (Wildman–Crippen LogP) is 3.23. The van der Waals surface area contributed by atoms with Crippen molar-refractivity contribution < 1.29 is 12.8 Å². The van der Waals surface area contributed by atoms with Gasteiger partial charge in [0.2, 0.25) is 10.0 Å². The molecular formula is C18H20FNO2S. The molecule has 0 amide bonds. The van der Waals surface area contributed by atoms with Crippen LogP contribution in [-0.2, 0) is 29.3 Å². The molecule has 0 saturated heterocycles. The Morgan fingerprint density at radius 3 is 2.39 bits per heavy atom. The number of hydrogen-bond donors (Lipinski definition) is 1. The molecule has 2 aromatic rings. The average Bonchev–Trinajstić information content (AvgIpc) is 2.56. The van der Waals surface area contributed by atoms with Crippen molar-refractivity contribution in [3.05, 3.63) is 65.0 Å². The van der Waals surface area contributed by atoms with Crippen molar-refractivity contribution in [2.45, 2.75) is 37.0 Å². The van der Waals surface area contributed by atoms with Gasteiger partial charge in [-0.15, -0.1) is 0 Å². The summed E-state index contributed by atoms with van der Waals surface area (Å²) in [7, 11) is -3.50. The Labute approximate surface area is 136 Å². The van der Waals surface area contributed by atoms with Crippen LogP contribution in [0.3, 0.4) is 0 Å². The van der Waals surface area contributed by atoms with E-state index in [4.69, 9.17) is 0 Å². The molecule has 0 heterocycles. The van der Waals surface area contributed by atoms with Crippen LogP contribution in [0, 0.1) is 5.82 Å². The monoisotopic (exact) mass is 333 g/mol. The van der Waals surface area contributed by atoms with E-state index in [9.17, 15) is 12.8 Å². The number of rotatable bonds is 5. The van der Waals surface area contributed by atoms with E-state index in [1.807, 2.05) is 6.07 Å². The number of sulfonamides is 1. The van der Waals surface area contributed by atoms with Crippen molar-refractivity contribution in [3.8, 4) is 0 Å². The fraction of sp³-hybridized carbons (Fsp3) is 0.333. The number of hydrogen-bond acceptors (Lipinski definition) is 2. The summed E-state index contributed by atoms with van der Waals surface area (Å²) in [6, 6.07) is 11.5. The summed E-state index contributed by atoms with van der Waals surface area (Å²) in [5.41, 5.74) is 3.32. The first kappa shape index (κ1) is 16.1. The molecule has 0 atom stereocenters. The maximum atomic E-state index is 12.8. The van der Waals surface area contributed by atoms with Crippen molar-refractivity contribution in [1.29, 1.82) is 0 Å². The third kappa shape index (κ3) is 3.98. The molecule has 3 rings (SSSR count). The molecule has 5 heteroatoms. The molecule has 0 unspecified atom stereocenters. The standard InChI is InChI=1S/C18H20FNO2S/c19-17-8-5-14(6-9-17)11-12-20-23(21,22)18-10-7-15-3-1-2-4-16(15)13-18/h5-10,13,20H,1-4,11-12H2. The van der Waals surface area contributed by atoms with E-state index in [1.54, 1.807) is 24.3 Å². The second-order valence-electron chi connectivity index (χ2n) is 5.91. The van der Waals surface area contributed by atoms with Crippen LogP contribution in [0.25, 0.3) is 0 Å². The molecule has 0 aliphatic heterocycles. The topological polar surface area (TPSA) is 46.2 Å². The first-order valence-electron chi connectivity index (χ1n) is 7.90. The molecular weight excluding hydrogens is 313 g/mol. The lowest BCUT2D eigenvalue weighted by Crippen LogP contribution is -2.26. The van der Waals surface area contributed by atoms with Crippen LogP contribution in [0.4, 0.5) is 4.39 Å². The molecule has 23 heavy (non-hydrogen) atoms. The van der Waals surface area contributed by atoms with Gasteiger partial charge in [-0.3, -0.25) is 0 Å². The zero-order valence-corrected chi connectivity index (χ0v) is 13.7. The minimum absolute atomic E-state index is 0.289. The summed E-state index contributed by atoms with van der Waals surface area (Å²) >= 11 is 0. The fourth-order valence-electron chi connectivity index (χ4n) is 2.94. The lowest BCUT2D eigenvalue weighted by molar-refractivity contribution is 0.580. The molecule has 3 nitrogen and oxygen atoms in total. The first-order chi connectivity index (χ1) is 11.0. The maximum absolute atomic E-state index is 12.8. The molecule has 0 aromatic heterocycles. The average molecular weight is 333 g/mol. The Morgan fingerprint density at radius 2 is 1.65 bits per heavy atom. The Morgan fingerprint density at radius 1 is 0.957 bits per heavy atom. The molecule has 0 spiro atoms. The van der Waals surface area contributed by atoms with E-state index in [0.717, 1.165) is 30.4 Å². The number of halogens is 1. The summed E-state index contributed by atoms with van der Waals surface area (Å²) < 4.78 is 40.3. The summed E-state index contributed by atoms with van der Waals surface area (Å²) in [6.07, 6.45) is 4.82. The molecule has 0 bridgehead atoms. The molecule has 1 aliphatic rings. The van der Waals surface area contributed by atoms with Gasteiger partial charge in [-0.1, -0.05) is 18.2 Å². The molecule has 1 aliphatic carbocycles. The van der Waals surface area contributed by atoms with Gasteiger partial charge in [0.25, 0.3) is 0 Å². The highest BCUT2D eigenvalue weighted by Crippen LogP contribution is 2.24. The van der Waals surface area contributed by atoms with Gasteiger partial charge in [0.1, 0.15) is 5.82 Å². The first-order valence-corrected chi connectivity index (χ1v) is 9.39. The summed E-state index contributed by atoms with van der Waals surface area (Å²) in [6.45, 7) is 0.297. The van der Waals surface area contributed by atoms with Crippen molar-refractivity contribution in [2.75, 3.05) is 6.54 Å². The lowest BCUT2D eigenvalue weighted by Gasteiger charge is -2.16. The fourth-order valence-corrected chi connectivity index (χ4v) is 4.02. The minimum Gasteiger partial charge on any atom is -0.211 e. The van der Waals surface area contributed by atoms with Gasteiger partial charge in [0.05, 0.1) is 4.90 Å². The highest BCUT2D eigenvalue weighted by Gasteiger charge is 2.17. The van der Waals surface area contributed by atoms with Crippen molar-refractivity contribution >= 4 is 10.0 Å². The number of fused-ring (bicyclic) bond motifs is 1. The van der Waals surface area contributed by atoms with Crippen LogP contribution < -0.4 is 4.72 Å². The van der Waals surface area contributed by atoms with Crippen LogP contribution in [-0.4, -0.2) is 15.0 Å². The zero-order chi connectivity index (χ0) is 16.3. The smallest absolute Gasteiger partial charge is 0.211 e. The highest BCUT2D eigenvalue weighted by atomic mass is 32.2. The molecule has 0 radical (unpaired) electrons. The summed E-state index contributed by atoms with van der Waals surface area (Å²) in [5.74, 6) is -0.289. The molecule has 122 valence electrons. The van der Waals surface area contributed by atoms with E-state index in [2.05, 4.69) is 4.72 Å². The van der Waals surface area contributed by atoms with Crippen LogP contribution in [0.15, 0.2) is 47.4 Å². The molecule has 0 saturated carbocycles. The lowest BCUT2D eigenvalue weighted by atomic mass is 9.92. The van der Waals surface area contributed by atoms with Crippen LogP contribution in [0.5, 0.6) is 0 Å². The van der Waals surface area contributed by atoms with Crippen LogP contribution in [0.1, 0.15) is 29.5 Å². The van der Waals surface area contributed by atoms with Gasteiger partial charge in [-0.2, -0.15) is 0 Å². The van der Waals surface area contributed by atoms with E-state index >= 15 is 0 Å². The van der Waals surface area contributed by atoms with Gasteiger partial charge < -0.3 is 0 Å². The largest absolute Gasteiger partial charge is 0.240 e. The number of aryl methyl sites for hydroxylation is 2. The van der Waals surface area contributed by atoms with E-state index in [0.29, 0.717) is 17.9 Å². The number of nitrogens with one attached hydrogen (secondary N) is 1. The molecule has 0 fully saturated rings. The quantitative estimate of drug-likeness (QED) is 0.913. The van der Waals surface area contributed by atoms with Gasteiger partial charge in [-0.05, 0) is 73.1 Å². The van der Waals surface area contributed by atoms with Crippen molar-refractivity contribution in [1.82, 2.24) is 4.72 Å². The van der Waals surface area contributed by atoms with Crippen molar-refractivity contribution in [2.24, 2.45) is 0 Å². The second kappa shape index (κ2) is 6.81. The normalized spacial score (nSPS) is 14.5. The third-order valence-electron chi connectivity index (χ3n) is 4.25. The van der Waals surface area contributed by atoms with Gasteiger partial charge in [-0.25, -0.2) is 17.5 Å². The minimum atomic E-state index is -3.50. The van der Waals surface area contributed by atoms with E-state index in [-0.39, 0.29) is 5.82 Å².